The van der Waals surface area contributed by atoms with Crippen LogP contribution in [0.2, 0.25) is 5.02 Å². The second-order valence-electron chi connectivity index (χ2n) is 3.68. The van der Waals surface area contributed by atoms with Gasteiger partial charge >= 0.3 is 0 Å². The molecule has 94 valence electrons. The van der Waals surface area contributed by atoms with Crippen molar-refractivity contribution in [3.05, 3.63) is 34.9 Å². The highest BCUT2D eigenvalue weighted by Gasteiger charge is 1.99. The molecule has 4 nitrogen and oxygen atoms in total. The van der Waals surface area contributed by atoms with E-state index in [0.717, 1.165) is 30.0 Å². The Morgan fingerprint density at radius 1 is 1.41 bits per heavy atom. The van der Waals surface area contributed by atoms with Crippen LogP contribution in [0.4, 0.5) is 0 Å². The molecule has 0 atom stereocenters. The highest BCUT2D eigenvalue weighted by Crippen LogP contribution is 2.15. The van der Waals surface area contributed by atoms with Crippen molar-refractivity contribution in [3.8, 4) is 0 Å². The highest BCUT2D eigenvalue weighted by molar-refractivity contribution is 6.31. The summed E-state index contributed by atoms with van der Waals surface area (Å²) in [5, 5.41) is 3.85. The van der Waals surface area contributed by atoms with Gasteiger partial charge in [-0.2, -0.15) is 0 Å². The SMILES string of the molecule is CCCCNC(=NCc1ccccc1Cl)NN. The molecular formula is C12H19ClN4. The molecule has 5 heteroatoms. The van der Waals surface area contributed by atoms with Crippen LogP contribution in [0.1, 0.15) is 25.3 Å². The molecule has 0 aromatic heterocycles. The number of unbranched alkanes of at least 4 members (excludes halogenated alkanes) is 1. The Kier molecular flexibility index (Phi) is 6.43. The second kappa shape index (κ2) is 7.92. The monoisotopic (exact) mass is 254 g/mol. The van der Waals surface area contributed by atoms with E-state index in [4.69, 9.17) is 17.4 Å². The number of hydrazine groups is 1. The van der Waals surface area contributed by atoms with Gasteiger partial charge in [0.2, 0.25) is 5.96 Å². The third kappa shape index (κ3) is 5.06. The molecule has 1 aromatic rings. The minimum Gasteiger partial charge on any atom is -0.355 e. The predicted octanol–water partition coefficient (Wildman–Crippen LogP) is 2.05. The average molecular weight is 255 g/mol. The normalized spacial score (nSPS) is 11.4. The number of guanidine groups is 1. The first kappa shape index (κ1) is 13.8. The zero-order valence-electron chi connectivity index (χ0n) is 10.0. The molecule has 0 heterocycles. The van der Waals surface area contributed by atoms with E-state index in [-0.39, 0.29) is 0 Å². The van der Waals surface area contributed by atoms with Crippen LogP contribution in [0.5, 0.6) is 0 Å². The predicted molar refractivity (Wildman–Crippen MR) is 72.8 cm³/mol. The van der Waals surface area contributed by atoms with E-state index in [9.17, 15) is 0 Å². The fraction of sp³-hybridized carbons (Fsp3) is 0.417. The molecular weight excluding hydrogens is 236 g/mol. The quantitative estimate of drug-likeness (QED) is 0.248. The van der Waals surface area contributed by atoms with Gasteiger partial charge in [-0.15, -0.1) is 0 Å². The van der Waals surface area contributed by atoms with Crippen molar-refractivity contribution in [3.63, 3.8) is 0 Å². The molecule has 0 saturated carbocycles. The lowest BCUT2D eigenvalue weighted by atomic mass is 10.2. The lowest BCUT2D eigenvalue weighted by Gasteiger charge is -2.08. The number of aliphatic imine (C=N–C) groups is 1. The molecule has 0 aliphatic heterocycles. The first-order chi connectivity index (χ1) is 8.27. The number of nitrogens with zero attached hydrogens (tertiary/aromatic N) is 1. The molecule has 0 unspecified atom stereocenters. The van der Waals surface area contributed by atoms with Gasteiger partial charge in [-0.05, 0) is 18.1 Å². The Balaban J connectivity index is 2.52. The van der Waals surface area contributed by atoms with Crippen molar-refractivity contribution >= 4 is 17.6 Å². The molecule has 1 aromatic carbocycles. The van der Waals surface area contributed by atoms with Crippen LogP contribution in [0.15, 0.2) is 29.3 Å². The molecule has 0 spiro atoms. The maximum atomic E-state index is 6.04. The van der Waals surface area contributed by atoms with Crippen molar-refractivity contribution in [1.29, 1.82) is 0 Å². The first-order valence-electron chi connectivity index (χ1n) is 5.76. The molecule has 4 N–H and O–H groups in total. The van der Waals surface area contributed by atoms with E-state index in [0.29, 0.717) is 12.5 Å². The minimum absolute atomic E-state index is 0.512. The zero-order chi connectivity index (χ0) is 12.5. The molecule has 0 radical (unpaired) electrons. The van der Waals surface area contributed by atoms with Crippen LogP contribution in [-0.4, -0.2) is 12.5 Å². The third-order valence-electron chi connectivity index (χ3n) is 2.32. The van der Waals surface area contributed by atoms with E-state index in [2.05, 4.69) is 22.7 Å². The summed E-state index contributed by atoms with van der Waals surface area (Å²) in [4.78, 5) is 4.33. The van der Waals surface area contributed by atoms with Crippen LogP contribution >= 0.6 is 11.6 Å². The smallest absolute Gasteiger partial charge is 0.206 e. The standard InChI is InChI=1S/C12H19ClN4/c1-2-3-8-15-12(17-14)16-9-10-6-4-5-7-11(10)13/h4-7H,2-3,8-9,14H2,1H3,(H2,15,16,17). The Morgan fingerprint density at radius 2 is 2.18 bits per heavy atom. The van der Waals surface area contributed by atoms with Crippen molar-refractivity contribution in [1.82, 2.24) is 10.7 Å². The number of nitrogens with one attached hydrogen (secondary N) is 2. The van der Waals surface area contributed by atoms with E-state index in [1.807, 2.05) is 24.3 Å². The molecule has 0 fully saturated rings. The van der Waals surface area contributed by atoms with Gasteiger partial charge in [-0.3, -0.25) is 5.43 Å². The van der Waals surface area contributed by atoms with Gasteiger partial charge in [-0.1, -0.05) is 43.1 Å². The van der Waals surface area contributed by atoms with E-state index < -0.39 is 0 Å². The van der Waals surface area contributed by atoms with Crippen molar-refractivity contribution in [2.45, 2.75) is 26.3 Å². The molecule has 0 aliphatic carbocycles. The Labute approximate surface area is 107 Å². The van der Waals surface area contributed by atoms with Gasteiger partial charge in [0.1, 0.15) is 0 Å². The Bertz CT molecular complexity index is 365. The lowest BCUT2D eigenvalue weighted by molar-refractivity contribution is 0.732. The summed E-state index contributed by atoms with van der Waals surface area (Å²) in [5.41, 5.74) is 3.53. The van der Waals surface area contributed by atoms with Crippen LogP contribution in [0.25, 0.3) is 0 Å². The second-order valence-corrected chi connectivity index (χ2v) is 4.09. The number of hydrogen-bond donors (Lipinski definition) is 3. The summed E-state index contributed by atoms with van der Waals surface area (Å²) in [5.74, 6) is 5.98. The van der Waals surface area contributed by atoms with Gasteiger partial charge in [0.25, 0.3) is 0 Å². The minimum atomic E-state index is 0.512. The van der Waals surface area contributed by atoms with Gasteiger partial charge in [0, 0.05) is 11.6 Å². The fourth-order valence-corrected chi connectivity index (χ4v) is 1.52. The number of rotatable bonds is 5. The highest BCUT2D eigenvalue weighted by atomic mass is 35.5. The van der Waals surface area contributed by atoms with Crippen LogP contribution in [0.3, 0.4) is 0 Å². The molecule has 0 bridgehead atoms. The first-order valence-corrected chi connectivity index (χ1v) is 6.14. The van der Waals surface area contributed by atoms with Gasteiger partial charge < -0.3 is 5.32 Å². The van der Waals surface area contributed by atoms with Gasteiger partial charge in [0.05, 0.1) is 6.54 Å². The topological polar surface area (TPSA) is 62.4 Å². The van der Waals surface area contributed by atoms with Crippen molar-refractivity contribution in [2.75, 3.05) is 6.54 Å². The Morgan fingerprint density at radius 3 is 2.82 bits per heavy atom. The molecule has 0 saturated heterocycles. The fourth-order valence-electron chi connectivity index (χ4n) is 1.33. The maximum absolute atomic E-state index is 6.04. The van der Waals surface area contributed by atoms with Gasteiger partial charge in [0.15, 0.2) is 0 Å². The van der Waals surface area contributed by atoms with Crippen LogP contribution in [-0.2, 0) is 6.54 Å². The molecule has 0 amide bonds. The number of nitrogens with two attached hydrogens (primary N) is 1. The van der Waals surface area contributed by atoms with Crippen LogP contribution in [0, 0.1) is 0 Å². The number of hydrogen-bond acceptors (Lipinski definition) is 2. The molecule has 17 heavy (non-hydrogen) atoms. The van der Waals surface area contributed by atoms with E-state index >= 15 is 0 Å². The zero-order valence-corrected chi connectivity index (χ0v) is 10.8. The largest absolute Gasteiger partial charge is 0.355 e. The summed E-state index contributed by atoms with van der Waals surface area (Å²) in [7, 11) is 0. The number of benzene rings is 1. The molecule has 1 rings (SSSR count). The summed E-state index contributed by atoms with van der Waals surface area (Å²) in [6, 6.07) is 7.65. The summed E-state index contributed by atoms with van der Waals surface area (Å²) >= 11 is 6.04. The summed E-state index contributed by atoms with van der Waals surface area (Å²) in [6.45, 7) is 3.51. The third-order valence-corrected chi connectivity index (χ3v) is 2.69. The van der Waals surface area contributed by atoms with E-state index in [1.54, 1.807) is 0 Å². The summed E-state index contributed by atoms with van der Waals surface area (Å²) < 4.78 is 0. The molecule has 0 aliphatic rings. The number of halogens is 1. The maximum Gasteiger partial charge on any atom is 0.206 e. The van der Waals surface area contributed by atoms with Crippen molar-refractivity contribution in [2.24, 2.45) is 10.8 Å². The van der Waals surface area contributed by atoms with Crippen molar-refractivity contribution < 1.29 is 0 Å². The Hall–Kier alpha value is -1.26. The summed E-state index contributed by atoms with van der Waals surface area (Å²) in [6.07, 6.45) is 2.22. The van der Waals surface area contributed by atoms with Gasteiger partial charge in [-0.25, -0.2) is 10.8 Å². The average Bonchev–Trinajstić information content (AvgIpc) is 2.35. The van der Waals surface area contributed by atoms with Crippen LogP contribution < -0.4 is 16.6 Å². The van der Waals surface area contributed by atoms with E-state index in [1.165, 1.54) is 0 Å². The lowest BCUT2D eigenvalue weighted by Crippen LogP contribution is -2.41.